The summed E-state index contributed by atoms with van der Waals surface area (Å²) < 4.78 is 0. The fourth-order valence-electron chi connectivity index (χ4n) is 1.78. The van der Waals surface area contributed by atoms with Crippen LogP contribution in [0, 0.1) is 0 Å². The van der Waals surface area contributed by atoms with Crippen LogP contribution in [0.15, 0.2) is 0 Å². The van der Waals surface area contributed by atoms with E-state index in [1.54, 1.807) is 6.92 Å². The molecular weight excluding hydrogens is 152 g/mol. The van der Waals surface area contributed by atoms with Crippen LogP contribution in [-0.4, -0.2) is 48.4 Å². The summed E-state index contributed by atoms with van der Waals surface area (Å²) in [6.07, 6.45) is 1.35. The van der Waals surface area contributed by atoms with Crippen LogP contribution in [0.2, 0.25) is 0 Å². The molecule has 2 atom stereocenters. The standard InChI is InChI=1S/C9H18N2O/c1-7(12)9-5-6-10(3)8(2)11(9)4/h8-9H,5-6H2,1-4H3. The maximum absolute atomic E-state index is 11.2. The summed E-state index contributed by atoms with van der Waals surface area (Å²) in [5, 5.41) is 0. The number of likely N-dealkylation sites (N-methyl/N-ethyl adjacent to an activating group) is 1. The molecule has 0 aromatic rings. The highest BCUT2D eigenvalue weighted by molar-refractivity contribution is 5.81. The number of carbonyl (C=O) groups is 1. The predicted molar refractivity (Wildman–Crippen MR) is 48.9 cm³/mol. The van der Waals surface area contributed by atoms with Crippen molar-refractivity contribution >= 4 is 5.78 Å². The van der Waals surface area contributed by atoms with E-state index in [9.17, 15) is 4.79 Å². The summed E-state index contributed by atoms with van der Waals surface area (Å²) >= 11 is 0. The minimum Gasteiger partial charge on any atom is -0.298 e. The van der Waals surface area contributed by atoms with E-state index >= 15 is 0 Å². The Balaban J connectivity index is 2.65. The highest BCUT2D eigenvalue weighted by atomic mass is 16.1. The quantitative estimate of drug-likeness (QED) is 0.574. The van der Waals surface area contributed by atoms with Crippen molar-refractivity contribution in [1.82, 2.24) is 9.80 Å². The Hall–Kier alpha value is -0.410. The van der Waals surface area contributed by atoms with Crippen LogP contribution in [0.3, 0.4) is 0 Å². The molecule has 70 valence electrons. The van der Waals surface area contributed by atoms with Gasteiger partial charge in [0.05, 0.1) is 12.2 Å². The lowest BCUT2D eigenvalue weighted by molar-refractivity contribution is -0.126. The molecular formula is C9H18N2O. The average molecular weight is 170 g/mol. The van der Waals surface area contributed by atoms with Gasteiger partial charge < -0.3 is 0 Å². The fraction of sp³-hybridized carbons (Fsp3) is 0.889. The van der Waals surface area contributed by atoms with Gasteiger partial charge in [-0.1, -0.05) is 0 Å². The molecule has 0 spiro atoms. The number of carbonyl (C=O) groups excluding carboxylic acids is 1. The molecule has 12 heavy (non-hydrogen) atoms. The molecule has 3 nitrogen and oxygen atoms in total. The Kier molecular flexibility index (Phi) is 2.85. The smallest absolute Gasteiger partial charge is 0.146 e. The highest BCUT2D eigenvalue weighted by Crippen LogP contribution is 2.16. The van der Waals surface area contributed by atoms with E-state index in [0.29, 0.717) is 6.17 Å². The van der Waals surface area contributed by atoms with E-state index in [1.807, 2.05) is 7.05 Å². The van der Waals surface area contributed by atoms with Crippen LogP contribution in [0.4, 0.5) is 0 Å². The van der Waals surface area contributed by atoms with Crippen molar-refractivity contribution in [1.29, 1.82) is 0 Å². The number of hydrogen-bond acceptors (Lipinski definition) is 3. The minimum atomic E-state index is 0.135. The molecule has 1 aliphatic heterocycles. The van der Waals surface area contributed by atoms with Crippen molar-refractivity contribution < 1.29 is 4.79 Å². The normalized spacial score (nSPS) is 33.7. The molecule has 1 aliphatic rings. The molecule has 0 bridgehead atoms. The second kappa shape index (κ2) is 3.54. The molecule has 1 saturated heterocycles. The van der Waals surface area contributed by atoms with Crippen molar-refractivity contribution in [3.63, 3.8) is 0 Å². The van der Waals surface area contributed by atoms with Gasteiger partial charge in [0.25, 0.3) is 0 Å². The zero-order valence-electron chi connectivity index (χ0n) is 8.37. The molecule has 0 N–H and O–H groups in total. The Bertz CT molecular complexity index is 181. The van der Waals surface area contributed by atoms with Gasteiger partial charge in [0.15, 0.2) is 0 Å². The van der Waals surface area contributed by atoms with Crippen molar-refractivity contribution in [2.24, 2.45) is 0 Å². The van der Waals surface area contributed by atoms with Gasteiger partial charge in [0, 0.05) is 6.54 Å². The molecule has 1 fully saturated rings. The van der Waals surface area contributed by atoms with E-state index in [4.69, 9.17) is 0 Å². The zero-order chi connectivity index (χ0) is 9.30. The summed E-state index contributed by atoms with van der Waals surface area (Å²) in [4.78, 5) is 15.6. The minimum absolute atomic E-state index is 0.135. The molecule has 0 aromatic carbocycles. The van der Waals surface area contributed by atoms with Crippen LogP contribution >= 0.6 is 0 Å². The monoisotopic (exact) mass is 170 g/mol. The third kappa shape index (κ3) is 1.67. The average Bonchev–Trinajstić information content (AvgIpc) is 2.00. The number of ketones is 1. The number of Topliss-reactive ketones (excluding diaryl/α,β-unsaturated/α-hetero) is 1. The maximum Gasteiger partial charge on any atom is 0.146 e. The van der Waals surface area contributed by atoms with Gasteiger partial charge in [-0.2, -0.15) is 0 Å². The largest absolute Gasteiger partial charge is 0.298 e. The van der Waals surface area contributed by atoms with Crippen LogP contribution in [-0.2, 0) is 4.79 Å². The van der Waals surface area contributed by atoms with Crippen LogP contribution < -0.4 is 0 Å². The third-order valence-electron chi connectivity index (χ3n) is 2.94. The van der Waals surface area contributed by atoms with E-state index in [0.717, 1.165) is 13.0 Å². The van der Waals surface area contributed by atoms with Crippen LogP contribution in [0.25, 0.3) is 0 Å². The van der Waals surface area contributed by atoms with Crippen LogP contribution in [0.1, 0.15) is 20.3 Å². The van der Waals surface area contributed by atoms with Crippen LogP contribution in [0.5, 0.6) is 0 Å². The second-order valence-electron chi connectivity index (χ2n) is 3.69. The summed E-state index contributed by atoms with van der Waals surface area (Å²) in [7, 11) is 4.11. The Morgan fingerprint density at radius 2 is 2.00 bits per heavy atom. The molecule has 0 radical (unpaired) electrons. The molecule has 3 heteroatoms. The SMILES string of the molecule is CC(=O)C1CCN(C)C(C)N1C. The molecule has 0 amide bonds. The summed E-state index contributed by atoms with van der Waals surface area (Å²) in [5.41, 5.74) is 0. The Morgan fingerprint density at radius 3 is 2.50 bits per heavy atom. The predicted octanol–water partition coefficient (Wildman–Crippen LogP) is 0.557. The first-order chi connectivity index (χ1) is 5.54. The first-order valence-corrected chi connectivity index (χ1v) is 4.46. The second-order valence-corrected chi connectivity index (χ2v) is 3.69. The first kappa shape index (κ1) is 9.68. The van der Waals surface area contributed by atoms with Gasteiger partial charge in [-0.05, 0) is 34.4 Å². The van der Waals surface area contributed by atoms with Gasteiger partial charge in [-0.3, -0.25) is 14.6 Å². The van der Waals surface area contributed by atoms with Crippen molar-refractivity contribution in [2.45, 2.75) is 32.5 Å². The van der Waals surface area contributed by atoms with E-state index in [-0.39, 0.29) is 11.8 Å². The van der Waals surface area contributed by atoms with Gasteiger partial charge in [-0.15, -0.1) is 0 Å². The summed E-state index contributed by atoms with van der Waals surface area (Å²) in [5.74, 6) is 0.289. The lowest BCUT2D eigenvalue weighted by Gasteiger charge is -2.42. The van der Waals surface area contributed by atoms with Crippen molar-refractivity contribution in [2.75, 3.05) is 20.6 Å². The summed E-state index contributed by atoms with van der Waals surface area (Å²) in [6, 6.07) is 0.135. The number of hydrogen-bond donors (Lipinski definition) is 0. The molecule has 0 aromatic heterocycles. The van der Waals surface area contributed by atoms with E-state index in [1.165, 1.54) is 0 Å². The molecule has 0 saturated carbocycles. The van der Waals surface area contributed by atoms with Gasteiger partial charge in [0.1, 0.15) is 5.78 Å². The molecule has 0 aliphatic carbocycles. The number of nitrogens with zero attached hydrogens (tertiary/aromatic N) is 2. The Morgan fingerprint density at radius 1 is 1.42 bits per heavy atom. The summed E-state index contributed by atoms with van der Waals surface area (Å²) in [6.45, 7) is 4.84. The lowest BCUT2D eigenvalue weighted by atomic mass is 10.0. The number of rotatable bonds is 1. The highest BCUT2D eigenvalue weighted by Gasteiger charge is 2.30. The van der Waals surface area contributed by atoms with Crippen molar-refractivity contribution in [3.8, 4) is 0 Å². The molecule has 1 heterocycles. The fourth-order valence-corrected chi connectivity index (χ4v) is 1.78. The van der Waals surface area contributed by atoms with E-state index in [2.05, 4.69) is 23.8 Å². The van der Waals surface area contributed by atoms with Gasteiger partial charge in [0.2, 0.25) is 0 Å². The maximum atomic E-state index is 11.2. The molecule has 1 rings (SSSR count). The van der Waals surface area contributed by atoms with Gasteiger partial charge in [-0.25, -0.2) is 0 Å². The first-order valence-electron chi connectivity index (χ1n) is 4.46. The molecule has 2 unspecified atom stereocenters. The van der Waals surface area contributed by atoms with Crippen molar-refractivity contribution in [3.05, 3.63) is 0 Å². The van der Waals surface area contributed by atoms with E-state index < -0.39 is 0 Å². The third-order valence-corrected chi connectivity index (χ3v) is 2.94. The lowest BCUT2D eigenvalue weighted by Crippen LogP contribution is -2.55. The zero-order valence-corrected chi connectivity index (χ0v) is 8.37. The topological polar surface area (TPSA) is 23.6 Å². The van der Waals surface area contributed by atoms with Gasteiger partial charge >= 0.3 is 0 Å². The Labute approximate surface area is 74.3 Å².